The number of ether oxygens (including phenoxy) is 1. The standard InChI is InChI=1S/C19H13F6N3O3/c1-31-13-4-2-3-12(29)16(13)17(30)26-10-5-7-11(8-6-10)28-15(19(23,24)25)9-14(27-28)18(20,21)22/h2-9,29H,1H3,(H,26,30). The molecule has 0 aliphatic rings. The van der Waals surface area contributed by atoms with Crippen LogP contribution in [-0.4, -0.2) is 27.9 Å². The summed E-state index contributed by atoms with van der Waals surface area (Å²) >= 11 is 0. The first-order chi connectivity index (χ1) is 14.4. The number of aromatic hydroxyl groups is 1. The molecule has 3 aromatic rings. The second-order valence-corrected chi connectivity index (χ2v) is 6.18. The van der Waals surface area contributed by atoms with Crippen molar-refractivity contribution in [3.63, 3.8) is 0 Å². The molecular weight excluding hydrogens is 432 g/mol. The summed E-state index contributed by atoms with van der Waals surface area (Å²) in [5.74, 6) is -1.04. The Morgan fingerprint density at radius 3 is 2.23 bits per heavy atom. The zero-order chi connectivity index (χ0) is 23.0. The van der Waals surface area contributed by atoms with E-state index in [-0.39, 0.29) is 39.2 Å². The minimum absolute atomic E-state index is 0.0832. The van der Waals surface area contributed by atoms with E-state index in [0.717, 1.165) is 12.1 Å². The van der Waals surface area contributed by atoms with Crippen molar-refractivity contribution >= 4 is 11.6 Å². The number of benzene rings is 2. The average Bonchev–Trinajstić information content (AvgIpc) is 3.14. The largest absolute Gasteiger partial charge is 0.507 e. The van der Waals surface area contributed by atoms with Gasteiger partial charge in [0.05, 0.1) is 12.8 Å². The van der Waals surface area contributed by atoms with Crippen molar-refractivity contribution in [2.45, 2.75) is 12.4 Å². The molecule has 0 unspecified atom stereocenters. The first-order valence-corrected chi connectivity index (χ1v) is 8.44. The van der Waals surface area contributed by atoms with Crippen molar-refractivity contribution in [2.75, 3.05) is 12.4 Å². The normalized spacial score (nSPS) is 12.0. The third-order valence-corrected chi connectivity index (χ3v) is 4.11. The van der Waals surface area contributed by atoms with Gasteiger partial charge in [-0.1, -0.05) is 6.07 Å². The first-order valence-electron chi connectivity index (χ1n) is 8.44. The highest BCUT2D eigenvalue weighted by Gasteiger charge is 2.42. The van der Waals surface area contributed by atoms with Crippen LogP contribution >= 0.6 is 0 Å². The van der Waals surface area contributed by atoms with Crippen LogP contribution in [-0.2, 0) is 12.4 Å². The smallest absolute Gasteiger partial charge is 0.435 e. The number of phenolic OH excluding ortho intramolecular Hbond substituents is 1. The summed E-state index contributed by atoms with van der Waals surface area (Å²) < 4.78 is 83.1. The van der Waals surface area contributed by atoms with Gasteiger partial charge >= 0.3 is 12.4 Å². The van der Waals surface area contributed by atoms with Crippen LogP contribution in [0.3, 0.4) is 0 Å². The van der Waals surface area contributed by atoms with Gasteiger partial charge in [0.25, 0.3) is 5.91 Å². The summed E-state index contributed by atoms with van der Waals surface area (Å²) in [5.41, 5.74) is -3.66. The fraction of sp³-hybridized carbons (Fsp3) is 0.158. The molecule has 0 radical (unpaired) electrons. The molecule has 1 amide bonds. The number of phenols is 1. The minimum atomic E-state index is -5.08. The topological polar surface area (TPSA) is 76.4 Å². The van der Waals surface area contributed by atoms with E-state index < -0.39 is 29.6 Å². The summed E-state index contributed by atoms with van der Waals surface area (Å²) in [5, 5.41) is 15.3. The quantitative estimate of drug-likeness (QED) is 0.562. The van der Waals surface area contributed by atoms with Crippen molar-refractivity contribution in [1.29, 1.82) is 0 Å². The Morgan fingerprint density at radius 2 is 1.68 bits per heavy atom. The highest BCUT2D eigenvalue weighted by molar-refractivity contribution is 6.08. The Balaban J connectivity index is 1.91. The van der Waals surface area contributed by atoms with E-state index in [1.807, 2.05) is 0 Å². The molecule has 0 saturated carbocycles. The third kappa shape index (κ3) is 4.57. The van der Waals surface area contributed by atoms with Gasteiger partial charge in [0.15, 0.2) is 5.69 Å². The van der Waals surface area contributed by atoms with Gasteiger partial charge in [0.1, 0.15) is 22.8 Å². The van der Waals surface area contributed by atoms with Crippen LogP contribution in [0.4, 0.5) is 32.0 Å². The molecule has 1 aromatic heterocycles. The van der Waals surface area contributed by atoms with Crippen LogP contribution in [0.5, 0.6) is 11.5 Å². The Kier molecular flexibility index (Phi) is 5.57. The molecule has 3 rings (SSSR count). The maximum Gasteiger partial charge on any atom is 0.435 e. The zero-order valence-corrected chi connectivity index (χ0v) is 15.5. The number of methoxy groups -OCH3 is 1. The molecule has 6 nitrogen and oxygen atoms in total. The van der Waals surface area contributed by atoms with E-state index in [2.05, 4.69) is 10.4 Å². The monoisotopic (exact) mass is 445 g/mol. The lowest BCUT2D eigenvalue weighted by Crippen LogP contribution is -2.14. The zero-order valence-electron chi connectivity index (χ0n) is 15.5. The number of carbonyl (C=O) groups is 1. The molecular formula is C19H13F6N3O3. The number of alkyl halides is 6. The number of amides is 1. The van der Waals surface area contributed by atoms with Crippen LogP contribution in [0.2, 0.25) is 0 Å². The molecule has 0 atom stereocenters. The fourth-order valence-electron chi connectivity index (χ4n) is 2.72. The van der Waals surface area contributed by atoms with Gasteiger partial charge in [-0.15, -0.1) is 0 Å². The van der Waals surface area contributed by atoms with Crippen LogP contribution in [0.15, 0.2) is 48.5 Å². The molecule has 2 aromatic carbocycles. The van der Waals surface area contributed by atoms with Gasteiger partial charge in [0, 0.05) is 11.8 Å². The summed E-state index contributed by atoms with van der Waals surface area (Å²) in [4.78, 5) is 12.4. The number of hydrogen-bond acceptors (Lipinski definition) is 4. The lowest BCUT2D eigenvalue weighted by Gasteiger charge is -2.12. The van der Waals surface area contributed by atoms with Crippen LogP contribution < -0.4 is 10.1 Å². The van der Waals surface area contributed by atoms with E-state index >= 15 is 0 Å². The number of anilines is 1. The maximum atomic E-state index is 13.2. The number of aromatic nitrogens is 2. The van der Waals surface area contributed by atoms with Gasteiger partial charge in [-0.2, -0.15) is 31.4 Å². The molecule has 0 fully saturated rings. The maximum absolute atomic E-state index is 13.2. The fourth-order valence-corrected chi connectivity index (χ4v) is 2.72. The summed E-state index contributed by atoms with van der Waals surface area (Å²) in [7, 11) is 1.29. The highest BCUT2D eigenvalue weighted by atomic mass is 19.4. The number of nitrogens with zero attached hydrogens (tertiary/aromatic N) is 2. The van der Waals surface area contributed by atoms with Gasteiger partial charge in [-0.3, -0.25) is 4.79 Å². The second kappa shape index (κ2) is 7.85. The molecule has 0 aliphatic heterocycles. The van der Waals surface area contributed by atoms with Crippen LogP contribution in [0, 0.1) is 0 Å². The molecule has 2 N–H and O–H groups in total. The number of rotatable bonds is 4. The molecule has 0 spiro atoms. The molecule has 0 saturated heterocycles. The van der Waals surface area contributed by atoms with Crippen LogP contribution in [0.1, 0.15) is 21.7 Å². The van der Waals surface area contributed by atoms with Gasteiger partial charge in [0.2, 0.25) is 0 Å². The van der Waals surface area contributed by atoms with Gasteiger partial charge in [-0.25, -0.2) is 4.68 Å². The van der Waals surface area contributed by atoms with Crippen molar-refractivity contribution < 1.29 is 41.0 Å². The Hall–Kier alpha value is -3.70. The van der Waals surface area contributed by atoms with Crippen molar-refractivity contribution in [1.82, 2.24) is 9.78 Å². The summed E-state index contributed by atoms with van der Waals surface area (Å²) in [6.07, 6.45) is -10.1. The van der Waals surface area contributed by atoms with E-state index in [0.29, 0.717) is 0 Å². The second-order valence-electron chi connectivity index (χ2n) is 6.18. The van der Waals surface area contributed by atoms with Gasteiger partial charge in [-0.05, 0) is 36.4 Å². The predicted octanol–water partition coefficient (Wildman–Crippen LogP) is 4.88. The van der Waals surface area contributed by atoms with E-state index in [9.17, 15) is 36.2 Å². The van der Waals surface area contributed by atoms with Crippen molar-refractivity contribution in [2.24, 2.45) is 0 Å². The minimum Gasteiger partial charge on any atom is -0.507 e. The molecule has 1 heterocycles. The van der Waals surface area contributed by atoms with E-state index in [1.54, 1.807) is 0 Å². The lowest BCUT2D eigenvalue weighted by molar-refractivity contribution is -0.143. The predicted molar refractivity (Wildman–Crippen MR) is 96.2 cm³/mol. The number of halogens is 6. The van der Waals surface area contributed by atoms with Gasteiger partial charge < -0.3 is 15.2 Å². The number of nitrogens with one attached hydrogen (secondary N) is 1. The van der Waals surface area contributed by atoms with Crippen molar-refractivity contribution in [3.05, 3.63) is 65.5 Å². The SMILES string of the molecule is COc1cccc(O)c1C(=O)Nc1ccc(-n2nc(C(F)(F)F)cc2C(F)(F)F)cc1. The summed E-state index contributed by atoms with van der Waals surface area (Å²) in [6, 6.07) is 8.53. The van der Waals surface area contributed by atoms with E-state index in [1.165, 1.54) is 37.4 Å². The first kappa shape index (κ1) is 22.0. The third-order valence-electron chi connectivity index (χ3n) is 4.11. The summed E-state index contributed by atoms with van der Waals surface area (Å²) in [6.45, 7) is 0. The molecule has 164 valence electrons. The molecule has 31 heavy (non-hydrogen) atoms. The Bertz CT molecular complexity index is 1100. The van der Waals surface area contributed by atoms with Crippen molar-refractivity contribution in [3.8, 4) is 17.2 Å². The average molecular weight is 445 g/mol. The van der Waals surface area contributed by atoms with Crippen LogP contribution in [0.25, 0.3) is 5.69 Å². The van der Waals surface area contributed by atoms with E-state index in [4.69, 9.17) is 4.74 Å². The highest BCUT2D eigenvalue weighted by Crippen LogP contribution is 2.36. The molecule has 0 aliphatic carbocycles. The Labute approximate surface area is 170 Å². The lowest BCUT2D eigenvalue weighted by atomic mass is 10.1. The number of carbonyl (C=O) groups excluding carboxylic acids is 1. The Morgan fingerprint density at radius 1 is 1.03 bits per heavy atom. The number of hydrogen-bond donors (Lipinski definition) is 2. The molecule has 12 heteroatoms. The molecule has 0 bridgehead atoms.